The lowest BCUT2D eigenvalue weighted by atomic mass is 10.3. The molecule has 0 spiro atoms. The third-order valence-corrected chi connectivity index (χ3v) is 5.70. The molecule has 1 aliphatic carbocycles. The largest absolute Gasteiger partial charge is 0.445 e. The second kappa shape index (κ2) is 5.17. The Morgan fingerprint density at radius 1 is 1.46 bits per heavy atom. The molecule has 1 atom stereocenters. The van der Waals surface area contributed by atoms with E-state index in [-0.39, 0.29) is 16.3 Å². The van der Waals surface area contributed by atoms with Crippen LogP contribution in [0, 0.1) is 5.82 Å². The van der Waals surface area contributed by atoms with Crippen molar-refractivity contribution < 1.29 is 22.8 Å². The van der Waals surface area contributed by atoms with E-state index in [1.54, 1.807) is 6.92 Å². The number of H-pyrrole nitrogens is 1. The first-order valence-corrected chi connectivity index (χ1v) is 9.20. The molecule has 1 aliphatic rings. The van der Waals surface area contributed by atoms with Gasteiger partial charge in [-0.2, -0.15) is 0 Å². The lowest BCUT2D eigenvalue weighted by Gasteiger charge is -2.14. The van der Waals surface area contributed by atoms with E-state index in [9.17, 15) is 13.8 Å². The zero-order chi connectivity index (χ0) is 17.1. The van der Waals surface area contributed by atoms with Crippen LogP contribution in [0.2, 0.25) is 5.02 Å². The van der Waals surface area contributed by atoms with Crippen LogP contribution in [0.3, 0.4) is 0 Å². The highest BCUT2D eigenvalue weighted by Crippen LogP contribution is 2.54. The minimum absolute atomic E-state index is 0.0355. The van der Waals surface area contributed by atoms with Gasteiger partial charge in [0, 0.05) is 6.07 Å². The van der Waals surface area contributed by atoms with Gasteiger partial charge in [-0.3, -0.25) is 9.09 Å². The second-order valence-electron chi connectivity index (χ2n) is 6.07. The van der Waals surface area contributed by atoms with E-state index in [1.165, 1.54) is 24.3 Å². The van der Waals surface area contributed by atoms with Gasteiger partial charge in [0.05, 0.1) is 21.7 Å². The summed E-state index contributed by atoms with van der Waals surface area (Å²) >= 11 is 5.74. The van der Waals surface area contributed by atoms with E-state index in [2.05, 4.69) is 9.97 Å². The Morgan fingerprint density at radius 2 is 2.21 bits per heavy atom. The van der Waals surface area contributed by atoms with Crippen molar-refractivity contribution >= 4 is 35.7 Å². The minimum Gasteiger partial charge on any atom is -0.445 e. The first-order valence-electron chi connectivity index (χ1n) is 7.25. The zero-order valence-electron chi connectivity index (χ0n) is 12.5. The SMILES string of the molecule is CC1(OP(=O)(O)c2ccc(-c3nc4cc(Cl)c(F)cc4[nH]3)o2)CC1. The van der Waals surface area contributed by atoms with Crippen molar-refractivity contribution in [1.29, 1.82) is 0 Å². The van der Waals surface area contributed by atoms with Crippen LogP contribution in [0.15, 0.2) is 28.7 Å². The Balaban J connectivity index is 1.68. The second-order valence-corrected chi connectivity index (χ2v) is 8.14. The normalized spacial score (nSPS) is 18.7. The fraction of sp³-hybridized carbons (Fsp3) is 0.267. The smallest absolute Gasteiger partial charge is 0.394 e. The van der Waals surface area contributed by atoms with Gasteiger partial charge in [-0.05, 0) is 38.0 Å². The molecule has 1 fully saturated rings. The van der Waals surface area contributed by atoms with Crippen molar-refractivity contribution in [1.82, 2.24) is 9.97 Å². The number of fused-ring (bicyclic) bond motifs is 1. The van der Waals surface area contributed by atoms with Crippen molar-refractivity contribution in [3.8, 4) is 11.6 Å². The van der Waals surface area contributed by atoms with E-state index < -0.39 is 19.0 Å². The average molecular weight is 371 g/mol. The lowest BCUT2D eigenvalue weighted by Crippen LogP contribution is -2.12. The molecule has 6 nitrogen and oxygen atoms in total. The molecule has 2 heterocycles. The molecule has 2 aromatic heterocycles. The van der Waals surface area contributed by atoms with E-state index in [0.717, 1.165) is 12.8 Å². The van der Waals surface area contributed by atoms with Gasteiger partial charge >= 0.3 is 7.60 Å². The molecule has 0 amide bonds. The average Bonchev–Trinajstić information content (AvgIpc) is 2.94. The molecule has 126 valence electrons. The maximum Gasteiger partial charge on any atom is 0.394 e. The predicted octanol–water partition coefficient (Wildman–Crippen LogP) is 4.00. The monoisotopic (exact) mass is 370 g/mol. The number of benzene rings is 1. The van der Waals surface area contributed by atoms with E-state index in [4.69, 9.17) is 20.5 Å². The maximum absolute atomic E-state index is 13.5. The third kappa shape index (κ3) is 2.78. The summed E-state index contributed by atoms with van der Waals surface area (Å²) < 4.78 is 36.5. The van der Waals surface area contributed by atoms with Crippen LogP contribution in [0.5, 0.6) is 0 Å². The highest BCUT2D eigenvalue weighted by molar-refractivity contribution is 7.60. The Bertz CT molecular complexity index is 956. The molecule has 9 heteroatoms. The summed E-state index contributed by atoms with van der Waals surface area (Å²) in [6.45, 7) is 1.78. The molecular formula is C15H13ClFN2O4P. The molecule has 1 aromatic carbocycles. The number of nitrogens with one attached hydrogen (secondary N) is 1. The molecule has 0 radical (unpaired) electrons. The Labute approximate surface area is 141 Å². The fourth-order valence-electron chi connectivity index (χ4n) is 2.34. The van der Waals surface area contributed by atoms with Crippen molar-refractivity contribution in [3.05, 3.63) is 35.1 Å². The van der Waals surface area contributed by atoms with Crippen LogP contribution in [0.4, 0.5) is 4.39 Å². The number of nitrogens with zero attached hydrogens (tertiary/aromatic N) is 1. The van der Waals surface area contributed by atoms with E-state index in [1.807, 2.05) is 0 Å². The topological polar surface area (TPSA) is 88.4 Å². The number of rotatable bonds is 4. The quantitative estimate of drug-likeness (QED) is 0.678. The first kappa shape index (κ1) is 15.8. The molecule has 2 N–H and O–H groups in total. The lowest BCUT2D eigenvalue weighted by molar-refractivity contribution is 0.174. The minimum atomic E-state index is -4.04. The standard InChI is InChI=1S/C15H13ClFN2O4P/c1-15(4-5-15)23-24(20,21)13-3-2-12(22-13)14-18-10-6-8(16)9(17)7-11(10)19-14/h2-3,6-7H,4-5H2,1H3,(H,18,19)(H,20,21). The molecule has 24 heavy (non-hydrogen) atoms. The van der Waals surface area contributed by atoms with Gasteiger partial charge in [0.25, 0.3) is 0 Å². The summed E-state index contributed by atoms with van der Waals surface area (Å²) in [5.74, 6) is -0.0162. The van der Waals surface area contributed by atoms with Crippen molar-refractivity contribution in [3.63, 3.8) is 0 Å². The number of aromatic amines is 1. The van der Waals surface area contributed by atoms with Gasteiger partial charge in [0.15, 0.2) is 11.6 Å². The van der Waals surface area contributed by atoms with Gasteiger partial charge < -0.3 is 14.3 Å². The van der Waals surface area contributed by atoms with E-state index >= 15 is 0 Å². The van der Waals surface area contributed by atoms with Gasteiger partial charge in [-0.15, -0.1) is 0 Å². The summed E-state index contributed by atoms with van der Waals surface area (Å²) in [6, 6.07) is 5.51. The number of imidazole rings is 1. The Kier molecular flexibility index (Phi) is 3.41. The molecule has 1 saturated carbocycles. The van der Waals surface area contributed by atoms with Crippen LogP contribution in [0.1, 0.15) is 19.8 Å². The predicted molar refractivity (Wildman–Crippen MR) is 86.9 cm³/mol. The molecule has 0 saturated heterocycles. The third-order valence-electron chi connectivity index (χ3n) is 3.93. The van der Waals surface area contributed by atoms with Crippen molar-refractivity contribution in [2.75, 3.05) is 0 Å². The summed E-state index contributed by atoms with van der Waals surface area (Å²) in [7, 11) is -4.04. The Morgan fingerprint density at radius 3 is 2.92 bits per heavy atom. The van der Waals surface area contributed by atoms with Gasteiger partial charge in [-0.1, -0.05) is 11.6 Å². The summed E-state index contributed by atoms with van der Waals surface area (Å²) in [5.41, 5.74) is 0.183. The van der Waals surface area contributed by atoms with Gasteiger partial charge in [-0.25, -0.2) is 9.37 Å². The molecule has 3 aromatic rings. The van der Waals surface area contributed by atoms with Crippen LogP contribution >= 0.6 is 19.2 Å². The van der Waals surface area contributed by atoms with Crippen LogP contribution in [-0.4, -0.2) is 20.5 Å². The summed E-state index contributed by atoms with van der Waals surface area (Å²) in [6.07, 6.45) is 1.47. The number of hydrogen-bond acceptors (Lipinski definition) is 4. The van der Waals surface area contributed by atoms with Crippen molar-refractivity contribution in [2.24, 2.45) is 0 Å². The maximum atomic E-state index is 13.5. The number of furan rings is 1. The first-order chi connectivity index (χ1) is 11.3. The number of aromatic nitrogens is 2. The van der Waals surface area contributed by atoms with Gasteiger partial charge in [0.1, 0.15) is 5.82 Å². The molecule has 0 bridgehead atoms. The number of hydrogen-bond donors (Lipinski definition) is 2. The highest BCUT2D eigenvalue weighted by atomic mass is 35.5. The summed E-state index contributed by atoms with van der Waals surface area (Å²) in [4.78, 5) is 17.2. The zero-order valence-corrected chi connectivity index (χ0v) is 14.2. The van der Waals surface area contributed by atoms with E-state index in [0.29, 0.717) is 16.9 Å². The molecule has 0 aliphatic heterocycles. The van der Waals surface area contributed by atoms with Crippen LogP contribution in [-0.2, 0) is 9.09 Å². The van der Waals surface area contributed by atoms with Crippen LogP contribution < -0.4 is 5.50 Å². The van der Waals surface area contributed by atoms with Crippen LogP contribution in [0.25, 0.3) is 22.6 Å². The summed E-state index contributed by atoms with van der Waals surface area (Å²) in [5, 5.41) is -0.0355. The van der Waals surface area contributed by atoms with Gasteiger partial charge in [0.2, 0.25) is 5.50 Å². The molecule has 4 rings (SSSR count). The fourth-order valence-corrected chi connectivity index (χ4v) is 3.84. The molecular weight excluding hydrogens is 358 g/mol. The Hall–Kier alpha value is -1.66. The highest BCUT2D eigenvalue weighted by Gasteiger charge is 2.46. The number of halogens is 2. The van der Waals surface area contributed by atoms with Crippen molar-refractivity contribution in [2.45, 2.75) is 25.4 Å². The molecule has 1 unspecified atom stereocenters.